The molecule has 6 radical (unpaired) electrons. The summed E-state index contributed by atoms with van der Waals surface area (Å²) in [6, 6.07) is 2.08. The Labute approximate surface area is 149 Å². The van der Waals surface area contributed by atoms with E-state index in [-0.39, 0.29) is 11.9 Å². The van der Waals surface area contributed by atoms with Crippen LogP contribution in [0.4, 0.5) is 26.3 Å². The molecule has 0 unspecified atom stereocenters. The molecule has 0 saturated heterocycles. The van der Waals surface area contributed by atoms with Crippen molar-refractivity contribution in [3.63, 3.8) is 0 Å². The molecule has 138 valence electrons. The van der Waals surface area contributed by atoms with Gasteiger partial charge in [-0.1, -0.05) is 36.7 Å². The fourth-order valence-corrected chi connectivity index (χ4v) is 2.92. The highest BCUT2D eigenvalue weighted by Gasteiger charge is 2.82. The van der Waals surface area contributed by atoms with Crippen molar-refractivity contribution in [3.8, 4) is 5.75 Å². The Morgan fingerprint density at radius 1 is 0.885 bits per heavy atom. The molecule has 4 nitrogen and oxygen atoms in total. The molecule has 1 N–H and O–H groups in total. The molecule has 0 aliphatic rings. The fourth-order valence-electron chi connectivity index (χ4n) is 2.14. The van der Waals surface area contributed by atoms with E-state index >= 15 is 0 Å². The van der Waals surface area contributed by atoms with Crippen LogP contribution in [-0.2, 0) is 29.1 Å². The van der Waals surface area contributed by atoms with Gasteiger partial charge in [-0.25, -0.2) is 0 Å². The van der Waals surface area contributed by atoms with Crippen LogP contribution in [0.1, 0.15) is 16.7 Å². The Morgan fingerprint density at radius 3 is 1.50 bits per heavy atom. The molecular weight excluding hydrogens is 387 g/mol. The van der Waals surface area contributed by atoms with Gasteiger partial charge in [-0.2, -0.15) is 34.8 Å². The SMILES string of the molecule is [B]Cc1cc(C[B])c(OC(C(F)(F)F)(C(F)(F)F)S(=O)(=O)O)c(C[B])c1. The zero-order chi connectivity index (χ0) is 20.6. The van der Waals surface area contributed by atoms with Crippen molar-refractivity contribution >= 4 is 33.7 Å². The van der Waals surface area contributed by atoms with Crippen molar-refractivity contribution in [1.82, 2.24) is 0 Å². The smallest absolute Gasteiger partial charge is 0.453 e. The molecule has 0 aromatic heterocycles. The number of alkyl halides is 6. The van der Waals surface area contributed by atoms with Crippen LogP contribution in [0.15, 0.2) is 12.1 Å². The summed E-state index contributed by atoms with van der Waals surface area (Å²) in [5, 5.41) is 0. The first-order chi connectivity index (χ1) is 11.7. The zero-order valence-corrected chi connectivity index (χ0v) is 13.7. The van der Waals surface area contributed by atoms with Crippen LogP contribution >= 0.6 is 0 Å². The predicted octanol–water partition coefficient (Wildman–Crippen LogP) is 1.78. The Balaban J connectivity index is 3.86. The van der Waals surface area contributed by atoms with Crippen LogP contribution in [-0.4, -0.2) is 53.8 Å². The van der Waals surface area contributed by atoms with Crippen LogP contribution in [0.5, 0.6) is 5.75 Å². The second kappa shape index (κ2) is 7.38. The maximum Gasteiger partial charge on any atom is 0.456 e. The Bertz CT molecular complexity index is 724. The van der Waals surface area contributed by atoms with Crippen LogP contribution in [0.2, 0.25) is 0 Å². The van der Waals surface area contributed by atoms with E-state index < -0.39 is 56.9 Å². The molecule has 0 spiro atoms. The van der Waals surface area contributed by atoms with Gasteiger partial charge in [-0.15, -0.1) is 0 Å². The lowest BCUT2D eigenvalue weighted by Crippen LogP contribution is -2.66. The van der Waals surface area contributed by atoms with Crippen LogP contribution in [0.3, 0.4) is 0 Å². The van der Waals surface area contributed by atoms with E-state index in [1.165, 1.54) is 0 Å². The van der Waals surface area contributed by atoms with Gasteiger partial charge < -0.3 is 4.74 Å². The molecule has 1 aromatic carbocycles. The van der Waals surface area contributed by atoms with Crippen molar-refractivity contribution in [3.05, 3.63) is 28.8 Å². The van der Waals surface area contributed by atoms with Gasteiger partial charge in [0, 0.05) is 0 Å². The molecule has 1 aromatic rings. The van der Waals surface area contributed by atoms with Crippen LogP contribution < -0.4 is 4.74 Å². The third-order valence-corrected chi connectivity index (χ3v) is 4.61. The first-order valence-corrected chi connectivity index (χ1v) is 8.14. The van der Waals surface area contributed by atoms with E-state index in [0.29, 0.717) is 0 Å². The second-order valence-corrected chi connectivity index (χ2v) is 6.57. The molecule has 14 heteroatoms. The third-order valence-electron chi connectivity index (χ3n) is 3.33. The summed E-state index contributed by atoms with van der Waals surface area (Å²) < 4.78 is 114. The number of halogens is 6. The van der Waals surface area contributed by atoms with E-state index in [4.69, 9.17) is 28.1 Å². The third kappa shape index (κ3) is 3.85. The Morgan fingerprint density at radius 2 is 1.27 bits per heavy atom. The lowest BCUT2D eigenvalue weighted by molar-refractivity contribution is -0.322. The Hall–Kier alpha value is -1.30. The van der Waals surface area contributed by atoms with Crippen LogP contribution in [0, 0.1) is 0 Å². The molecule has 0 heterocycles. The molecule has 0 bridgehead atoms. The lowest BCUT2D eigenvalue weighted by Gasteiger charge is -2.35. The highest BCUT2D eigenvalue weighted by atomic mass is 32.2. The van der Waals surface area contributed by atoms with Gasteiger partial charge in [0.05, 0.1) is 23.5 Å². The van der Waals surface area contributed by atoms with Gasteiger partial charge >= 0.3 is 27.4 Å². The monoisotopic (exact) mass is 396 g/mol. The maximum atomic E-state index is 13.2. The molecule has 0 amide bonds. The molecule has 0 saturated carbocycles. The number of hydrogen-bond acceptors (Lipinski definition) is 3. The van der Waals surface area contributed by atoms with Crippen molar-refractivity contribution in [1.29, 1.82) is 0 Å². The highest BCUT2D eigenvalue weighted by Crippen LogP contribution is 2.50. The van der Waals surface area contributed by atoms with E-state index in [1.807, 2.05) is 0 Å². The molecule has 0 aliphatic heterocycles. The summed E-state index contributed by atoms with van der Waals surface area (Å²) in [7, 11) is 9.09. The molecular formula is C12H9B3F6O4S. The summed E-state index contributed by atoms with van der Waals surface area (Å²) >= 11 is 0. The van der Waals surface area contributed by atoms with Gasteiger partial charge in [0.1, 0.15) is 5.75 Å². The highest BCUT2D eigenvalue weighted by molar-refractivity contribution is 7.87. The van der Waals surface area contributed by atoms with Gasteiger partial charge in [0.25, 0.3) is 0 Å². The average Bonchev–Trinajstić information content (AvgIpc) is 2.47. The summed E-state index contributed by atoms with van der Waals surface area (Å²) in [6.07, 6.45) is -14.5. The molecule has 0 fully saturated rings. The second-order valence-electron chi connectivity index (χ2n) is 5.04. The number of ether oxygens (including phenoxy) is 1. The molecule has 0 atom stereocenters. The number of benzene rings is 1. The largest absolute Gasteiger partial charge is 0.456 e. The van der Waals surface area contributed by atoms with Gasteiger partial charge in [0.15, 0.2) is 0 Å². The van der Waals surface area contributed by atoms with E-state index in [2.05, 4.69) is 4.74 Å². The van der Waals surface area contributed by atoms with E-state index in [1.54, 1.807) is 0 Å². The fraction of sp³-hybridized carbons (Fsp3) is 0.500. The summed E-state index contributed by atoms with van der Waals surface area (Å²) in [4.78, 5) is -5.93. The zero-order valence-electron chi connectivity index (χ0n) is 12.9. The number of hydrogen-bond donors (Lipinski definition) is 1. The normalized spacial score (nSPS) is 13.7. The minimum atomic E-state index is -6.88. The molecule has 26 heavy (non-hydrogen) atoms. The van der Waals surface area contributed by atoms with Crippen molar-refractivity contribution in [2.75, 3.05) is 0 Å². The number of rotatable bonds is 6. The predicted molar refractivity (Wildman–Crippen MR) is 81.8 cm³/mol. The summed E-state index contributed by atoms with van der Waals surface area (Å²) in [5.74, 6) is -1.15. The average molecular weight is 396 g/mol. The first-order valence-electron chi connectivity index (χ1n) is 6.70. The Kier molecular flexibility index (Phi) is 6.45. The molecule has 1 rings (SSSR count). The molecule has 0 aliphatic carbocycles. The maximum absolute atomic E-state index is 13.2. The van der Waals surface area contributed by atoms with Gasteiger partial charge in [-0.05, 0) is 11.1 Å². The minimum absolute atomic E-state index is 0.151. The quantitative estimate of drug-likeness (QED) is 0.453. The van der Waals surface area contributed by atoms with Gasteiger partial charge in [0.2, 0.25) is 0 Å². The van der Waals surface area contributed by atoms with Crippen molar-refractivity contribution in [2.24, 2.45) is 0 Å². The standard InChI is InChI=1S/C12H9B3F6O4S/c13-3-6-1-7(4-14)9(8(2-6)5-15)25-10(11(16,17)18,12(19,20)21)26(22,23)24/h1-2H,3-5H2,(H,22,23,24). The summed E-state index contributed by atoms with van der Waals surface area (Å²) in [5.41, 5.74) is -0.556. The summed E-state index contributed by atoms with van der Waals surface area (Å²) in [6.45, 7) is 0. The van der Waals surface area contributed by atoms with Gasteiger partial charge in [-0.3, -0.25) is 4.55 Å². The van der Waals surface area contributed by atoms with Crippen molar-refractivity contribution < 1.29 is 44.0 Å². The lowest BCUT2D eigenvalue weighted by atomic mass is 9.85. The van der Waals surface area contributed by atoms with E-state index in [9.17, 15) is 34.8 Å². The van der Waals surface area contributed by atoms with Crippen LogP contribution in [0.25, 0.3) is 0 Å². The topological polar surface area (TPSA) is 63.6 Å². The van der Waals surface area contributed by atoms with Crippen molar-refractivity contribution in [2.45, 2.75) is 36.2 Å². The first kappa shape index (κ1) is 22.7. The minimum Gasteiger partial charge on any atom is -0.453 e. The van der Waals surface area contributed by atoms with E-state index in [0.717, 1.165) is 12.1 Å².